The van der Waals surface area contributed by atoms with Gasteiger partial charge in [0.2, 0.25) is 5.91 Å². The number of rotatable bonds is 6. The van der Waals surface area contributed by atoms with Crippen molar-refractivity contribution in [3.63, 3.8) is 0 Å². The lowest BCUT2D eigenvalue weighted by Crippen LogP contribution is -2.52. The van der Waals surface area contributed by atoms with Crippen molar-refractivity contribution < 1.29 is 13.9 Å². The van der Waals surface area contributed by atoms with E-state index in [1.54, 1.807) is 17.3 Å². The topological polar surface area (TPSA) is 85.4 Å². The molecule has 8 nitrogen and oxygen atoms in total. The molecule has 3 rings (SSSR count). The van der Waals surface area contributed by atoms with E-state index in [1.165, 1.54) is 6.33 Å². The highest BCUT2D eigenvalue weighted by molar-refractivity contribution is 5.81. The summed E-state index contributed by atoms with van der Waals surface area (Å²) in [4.78, 5) is 18.4. The van der Waals surface area contributed by atoms with Crippen molar-refractivity contribution >= 4 is 5.91 Å². The average molecular weight is 319 g/mol. The smallest absolute Gasteiger partial charge is 0.237 e. The number of ether oxygens (including phenoxy) is 1. The van der Waals surface area contributed by atoms with Gasteiger partial charge in [0, 0.05) is 13.1 Å². The van der Waals surface area contributed by atoms with Gasteiger partial charge in [-0.05, 0) is 19.1 Å². The molecule has 124 valence electrons. The number of hydrogen-bond acceptors (Lipinski definition) is 6. The second kappa shape index (κ2) is 7.38. The molecule has 23 heavy (non-hydrogen) atoms. The van der Waals surface area contributed by atoms with Crippen molar-refractivity contribution in [2.24, 2.45) is 0 Å². The van der Waals surface area contributed by atoms with Crippen molar-refractivity contribution in [2.75, 3.05) is 19.7 Å². The lowest BCUT2D eigenvalue weighted by atomic mass is 10.2. The Labute approximate surface area is 134 Å². The fourth-order valence-electron chi connectivity index (χ4n) is 2.64. The number of amides is 1. The van der Waals surface area contributed by atoms with Crippen LogP contribution in [0.5, 0.6) is 0 Å². The number of carbonyl (C=O) groups is 1. The van der Waals surface area contributed by atoms with E-state index in [4.69, 9.17) is 9.15 Å². The van der Waals surface area contributed by atoms with E-state index in [9.17, 15) is 4.79 Å². The van der Waals surface area contributed by atoms with E-state index >= 15 is 0 Å². The zero-order valence-corrected chi connectivity index (χ0v) is 13.1. The Balaban J connectivity index is 1.49. The van der Waals surface area contributed by atoms with Gasteiger partial charge in [0.1, 0.15) is 18.4 Å². The van der Waals surface area contributed by atoms with Crippen LogP contribution >= 0.6 is 0 Å². The summed E-state index contributed by atoms with van der Waals surface area (Å²) in [6.07, 6.45) is 4.78. The summed E-state index contributed by atoms with van der Waals surface area (Å²) in [5.74, 6) is 0.736. The Morgan fingerprint density at radius 1 is 1.57 bits per heavy atom. The summed E-state index contributed by atoms with van der Waals surface area (Å²) >= 11 is 0. The second-order valence-electron chi connectivity index (χ2n) is 5.58. The van der Waals surface area contributed by atoms with Crippen LogP contribution in [0.2, 0.25) is 0 Å². The molecular weight excluding hydrogens is 298 g/mol. The van der Waals surface area contributed by atoms with Crippen LogP contribution in [0.15, 0.2) is 35.5 Å². The molecule has 2 aromatic heterocycles. The number of aromatic nitrogens is 3. The third kappa shape index (κ3) is 4.17. The molecule has 0 bridgehead atoms. The van der Waals surface area contributed by atoms with Crippen LogP contribution in [-0.4, -0.2) is 57.4 Å². The number of hydrogen-bond donors (Lipinski definition) is 1. The third-order valence-electron chi connectivity index (χ3n) is 3.97. The Morgan fingerprint density at radius 2 is 2.48 bits per heavy atom. The van der Waals surface area contributed by atoms with Crippen LogP contribution in [0.25, 0.3) is 0 Å². The predicted molar refractivity (Wildman–Crippen MR) is 81.4 cm³/mol. The maximum Gasteiger partial charge on any atom is 0.237 e. The molecule has 1 N–H and O–H groups in total. The van der Waals surface area contributed by atoms with Crippen LogP contribution in [0.1, 0.15) is 12.7 Å². The van der Waals surface area contributed by atoms with E-state index in [0.717, 1.165) is 12.3 Å². The molecule has 0 aromatic carbocycles. The van der Waals surface area contributed by atoms with Crippen molar-refractivity contribution in [3.05, 3.63) is 36.8 Å². The average Bonchev–Trinajstić information content (AvgIpc) is 3.25. The predicted octanol–water partition coefficient (Wildman–Crippen LogP) is 0.277. The van der Waals surface area contributed by atoms with Crippen molar-refractivity contribution in [3.8, 4) is 0 Å². The van der Waals surface area contributed by atoms with E-state index in [1.807, 2.05) is 19.1 Å². The van der Waals surface area contributed by atoms with Gasteiger partial charge in [-0.2, -0.15) is 5.10 Å². The molecule has 1 aliphatic rings. The number of nitrogens with one attached hydrogen (secondary N) is 1. The van der Waals surface area contributed by atoms with Gasteiger partial charge >= 0.3 is 0 Å². The first-order valence-electron chi connectivity index (χ1n) is 7.70. The first kappa shape index (κ1) is 15.7. The summed E-state index contributed by atoms with van der Waals surface area (Å²) in [6, 6.07) is 3.43. The first-order chi connectivity index (χ1) is 11.2. The molecule has 0 unspecified atom stereocenters. The minimum atomic E-state index is -0.216. The third-order valence-corrected chi connectivity index (χ3v) is 3.97. The highest BCUT2D eigenvalue weighted by Crippen LogP contribution is 2.11. The van der Waals surface area contributed by atoms with Crippen LogP contribution in [0.3, 0.4) is 0 Å². The van der Waals surface area contributed by atoms with Crippen molar-refractivity contribution in [1.29, 1.82) is 0 Å². The number of nitrogens with zero attached hydrogens (tertiary/aromatic N) is 4. The molecule has 2 aromatic rings. The fourth-order valence-corrected chi connectivity index (χ4v) is 2.64. The molecule has 0 radical (unpaired) electrons. The Hall–Kier alpha value is -2.19. The van der Waals surface area contributed by atoms with E-state index in [2.05, 4.69) is 20.3 Å². The van der Waals surface area contributed by atoms with Crippen molar-refractivity contribution in [1.82, 2.24) is 25.0 Å². The maximum absolute atomic E-state index is 12.3. The van der Waals surface area contributed by atoms with Gasteiger partial charge in [0.05, 0.1) is 38.1 Å². The van der Waals surface area contributed by atoms with E-state index < -0.39 is 0 Å². The minimum absolute atomic E-state index is 0.00535. The largest absolute Gasteiger partial charge is 0.467 e. The van der Waals surface area contributed by atoms with Gasteiger partial charge in [-0.25, -0.2) is 4.98 Å². The second-order valence-corrected chi connectivity index (χ2v) is 5.58. The van der Waals surface area contributed by atoms with Crippen molar-refractivity contribution in [2.45, 2.75) is 32.2 Å². The minimum Gasteiger partial charge on any atom is -0.467 e. The quantitative estimate of drug-likeness (QED) is 0.823. The lowest BCUT2D eigenvalue weighted by molar-refractivity contribution is -0.129. The summed E-state index contributed by atoms with van der Waals surface area (Å²) in [6.45, 7) is 4.99. The number of carbonyl (C=O) groups excluding carboxylic acids is 1. The first-order valence-corrected chi connectivity index (χ1v) is 7.70. The van der Waals surface area contributed by atoms with Gasteiger partial charge in [0.15, 0.2) is 0 Å². The van der Waals surface area contributed by atoms with Gasteiger partial charge < -0.3 is 14.5 Å². The molecule has 3 heterocycles. The van der Waals surface area contributed by atoms with E-state index in [-0.39, 0.29) is 18.1 Å². The van der Waals surface area contributed by atoms with Gasteiger partial charge in [-0.1, -0.05) is 0 Å². The zero-order chi connectivity index (χ0) is 16.1. The molecule has 0 spiro atoms. The zero-order valence-electron chi connectivity index (χ0n) is 13.1. The summed E-state index contributed by atoms with van der Waals surface area (Å²) in [5, 5.41) is 6.99. The number of furan rings is 1. The van der Waals surface area contributed by atoms with Gasteiger partial charge in [-0.3, -0.25) is 14.4 Å². The Kier molecular flexibility index (Phi) is 5.04. The molecule has 1 amide bonds. The molecular formula is C15H21N5O3. The summed E-state index contributed by atoms with van der Waals surface area (Å²) < 4.78 is 12.7. The highest BCUT2D eigenvalue weighted by atomic mass is 16.5. The summed E-state index contributed by atoms with van der Waals surface area (Å²) in [5.41, 5.74) is 0. The summed E-state index contributed by atoms with van der Waals surface area (Å²) in [7, 11) is 0. The molecule has 0 aliphatic carbocycles. The monoisotopic (exact) mass is 319 g/mol. The normalized spacial score (nSPS) is 20.3. The Morgan fingerprint density at radius 3 is 3.22 bits per heavy atom. The molecule has 2 atom stereocenters. The van der Waals surface area contributed by atoms with Crippen LogP contribution < -0.4 is 5.32 Å². The highest BCUT2D eigenvalue weighted by Gasteiger charge is 2.28. The molecule has 1 aliphatic heterocycles. The number of morpholine rings is 1. The molecule has 1 saturated heterocycles. The van der Waals surface area contributed by atoms with Crippen LogP contribution in [0, 0.1) is 0 Å². The molecule has 0 saturated carbocycles. The van der Waals surface area contributed by atoms with E-state index in [0.29, 0.717) is 26.2 Å². The standard InChI is InChI=1S/C15H21N5O3/c1-12(15(21)17-7-13-3-2-5-22-13)19-4-6-23-14(8-19)9-20-11-16-10-18-20/h2-3,5,10-12,14H,4,6-9H2,1H3,(H,17,21)/t12-,14+/m1/s1. The molecule has 1 fully saturated rings. The fraction of sp³-hybridized carbons (Fsp3) is 0.533. The SMILES string of the molecule is C[C@H](C(=O)NCc1ccco1)N1CCO[C@H](Cn2cncn2)C1. The molecule has 8 heteroatoms. The van der Waals surface area contributed by atoms with Gasteiger partial charge in [0.25, 0.3) is 0 Å². The Bertz CT molecular complexity index is 599. The van der Waals surface area contributed by atoms with Crippen LogP contribution in [0.4, 0.5) is 0 Å². The van der Waals surface area contributed by atoms with Crippen LogP contribution in [-0.2, 0) is 22.6 Å². The van der Waals surface area contributed by atoms with Gasteiger partial charge in [-0.15, -0.1) is 0 Å². The lowest BCUT2D eigenvalue weighted by Gasteiger charge is -2.36. The maximum atomic E-state index is 12.3.